The second kappa shape index (κ2) is 16.4. The molecule has 268 valence electrons. The van der Waals surface area contributed by atoms with E-state index < -0.39 is 13.2 Å². The predicted molar refractivity (Wildman–Crippen MR) is 208 cm³/mol. The number of hydrogen-bond acceptors (Lipinski definition) is 8. The van der Waals surface area contributed by atoms with E-state index in [4.69, 9.17) is 10.5 Å². The summed E-state index contributed by atoms with van der Waals surface area (Å²) in [5.74, 6) is 1.76. The van der Waals surface area contributed by atoms with Crippen molar-refractivity contribution in [3.8, 4) is 11.1 Å². The summed E-state index contributed by atoms with van der Waals surface area (Å²) in [5, 5.41) is 22.8. The van der Waals surface area contributed by atoms with Gasteiger partial charge in [0, 0.05) is 29.9 Å². The van der Waals surface area contributed by atoms with Crippen molar-refractivity contribution in [3.63, 3.8) is 0 Å². The number of amides is 1. The number of aromatic nitrogens is 4. The molecule has 7 rings (SSSR count). The molecule has 52 heavy (non-hydrogen) atoms. The Kier molecular flexibility index (Phi) is 11.5. The first-order valence-corrected chi connectivity index (χ1v) is 17.8. The first-order chi connectivity index (χ1) is 25.0. The van der Waals surface area contributed by atoms with Gasteiger partial charge in [0.15, 0.2) is 0 Å². The van der Waals surface area contributed by atoms with Crippen LogP contribution in [0.5, 0.6) is 0 Å². The van der Waals surface area contributed by atoms with Crippen LogP contribution in [-0.4, -0.2) is 54.9 Å². The van der Waals surface area contributed by atoms with Crippen LogP contribution in [0.25, 0.3) is 33.2 Å². The Morgan fingerprint density at radius 3 is 2.52 bits per heavy atom. The Balaban J connectivity index is 0.000000180. The van der Waals surface area contributed by atoms with Crippen LogP contribution >= 0.6 is 0 Å². The summed E-state index contributed by atoms with van der Waals surface area (Å²) in [6, 6.07) is 24.8. The number of ether oxygens (including phenoxy) is 1. The number of nitrogens with two attached hydrogens (primary N) is 1. The number of rotatable bonds is 11. The molecule has 0 unspecified atom stereocenters. The van der Waals surface area contributed by atoms with Gasteiger partial charge in [-0.2, -0.15) is 0 Å². The van der Waals surface area contributed by atoms with E-state index in [9.17, 15) is 14.8 Å². The summed E-state index contributed by atoms with van der Waals surface area (Å²) in [7, 11) is -1.51. The third kappa shape index (κ3) is 8.95. The first kappa shape index (κ1) is 36.5. The SMILES string of the molecule is CC(C)C[C@@H](N)c1nc2ccc(-c3ccnc4[nH]ccc34)cc2[nH]1.CC(C)C[C@@H](NC(=O)OCc1ccccc1)C1=Nc2ccc(B(O)O)cc2C1. The monoisotopic (exact) mass is 699 g/mol. The molecule has 1 aliphatic heterocycles. The van der Waals surface area contributed by atoms with Crippen LogP contribution in [0.3, 0.4) is 0 Å². The maximum atomic E-state index is 12.3. The molecule has 4 heterocycles. The summed E-state index contributed by atoms with van der Waals surface area (Å²) in [5.41, 5.74) is 15.4. The number of fused-ring (bicyclic) bond motifs is 3. The zero-order valence-corrected chi connectivity index (χ0v) is 30.0. The zero-order valence-electron chi connectivity index (χ0n) is 30.0. The molecule has 3 aromatic carbocycles. The fourth-order valence-corrected chi connectivity index (χ4v) is 6.47. The summed E-state index contributed by atoms with van der Waals surface area (Å²) >= 11 is 0. The van der Waals surface area contributed by atoms with E-state index in [-0.39, 0.29) is 18.7 Å². The second-order valence-corrected chi connectivity index (χ2v) is 14.1. The normalized spacial score (nSPS) is 13.4. The highest BCUT2D eigenvalue weighted by Gasteiger charge is 2.26. The van der Waals surface area contributed by atoms with Crippen molar-refractivity contribution >= 4 is 52.1 Å². The Morgan fingerprint density at radius 1 is 0.981 bits per heavy atom. The Hall–Kier alpha value is -5.30. The number of nitrogens with one attached hydrogen (secondary N) is 3. The molecular formula is C40H46BN7O4. The summed E-state index contributed by atoms with van der Waals surface area (Å²) < 4.78 is 5.36. The topological polar surface area (TPSA) is 175 Å². The van der Waals surface area contributed by atoms with E-state index in [1.165, 1.54) is 0 Å². The number of hydrogen-bond donors (Lipinski definition) is 6. The highest BCUT2D eigenvalue weighted by molar-refractivity contribution is 6.58. The molecule has 0 saturated carbocycles. The van der Waals surface area contributed by atoms with Gasteiger partial charge in [-0.15, -0.1) is 0 Å². The van der Waals surface area contributed by atoms with E-state index in [0.717, 1.165) is 74.4 Å². The number of carbonyl (C=O) groups is 1. The van der Waals surface area contributed by atoms with E-state index >= 15 is 0 Å². The fraction of sp³-hybridized carbons (Fsp3) is 0.300. The highest BCUT2D eigenvalue weighted by atomic mass is 16.5. The quantitative estimate of drug-likeness (QED) is 0.0839. The lowest BCUT2D eigenvalue weighted by molar-refractivity contribution is 0.137. The standard InChI is InChI=1S/C21H25BN2O4.C19H21N5/c1-14(2)10-19(24-21(25)28-13-15-6-4-3-5-7-15)20-12-16-11-17(22(26)27)8-9-18(16)23-20;1-11(2)9-15(20)19-23-16-4-3-12(10-17(16)24-19)13-5-7-21-18-14(13)6-8-22-18/h3-9,11,14,19,26-27H,10,12-13H2,1-2H3,(H,24,25);3-8,10-11,15H,9,20H2,1-2H3,(H,21,22)(H,23,24)/t19-;15-/m11/s1. The molecule has 0 spiro atoms. The minimum absolute atomic E-state index is 0.0573. The van der Waals surface area contributed by atoms with E-state index in [1.807, 2.05) is 54.9 Å². The molecule has 11 nitrogen and oxygen atoms in total. The van der Waals surface area contributed by atoms with Crippen LogP contribution < -0.4 is 16.5 Å². The van der Waals surface area contributed by atoms with E-state index in [2.05, 4.69) is 76.1 Å². The lowest BCUT2D eigenvalue weighted by Gasteiger charge is -2.20. The smallest absolute Gasteiger partial charge is 0.445 e. The van der Waals surface area contributed by atoms with E-state index in [0.29, 0.717) is 23.7 Å². The average Bonchev–Trinajstić information content (AvgIpc) is 3.88. The molecular weight excluding hydrogens is 653 g/mol. The number of H-pyrrole nitrogens is 2. The maximum Gasteiger partial charge on any atom is 0.488 e. The summed E-state index contributed by atoms with van der Waals surface area (Å²) in [4.78, 5) is 32.5. The van der Waals surface area contributed by atoms with Crippen molar-refractivity contribution in [3.05, 3.63) is 108 Å². The zero-order chi connectivity index (χ0) is 36.8. The van der Waals surface area contributed by atoms with Gasteiger partial charge >= 0.3 is 13.2 Å². The predicted octanol–water partition coefficient (Wildman–Crippen LogP) is 6.49. The molecule has 0 bridgehead atoms. The van der Waals surface area contributed by atoms with Gasteiger partial charge in [-0.3, -0.25) is 4.99 Å². The lowest BCUT2D eigenvalue weighted by atomic mass is 9.79. The number of aromatic amines is 2. The third-order valence-corrected chi connectivity index (χ3v) is 9.00. The van der Waals surface area contributed by atoms with E-state index in [1.54, 1.807) is 18.2 Å². The van der Waals surface area contributed by atoms with Crippen LogP contribution in [0.2, 0.25) is 0 Å². The second-order valence-electron chi connectivity index (χ2n) is 14.1. The lowest BCUT2D eigenvalue weighted by Crippen LogP contribution is -2.42. The fourth-order valence-electron chi connectivity index (χ4n) is 6.47. The molecule has 0 radical (unpaired) electrons. The number of benzene rings is 3. The van der Waals surface area contributed by atoms with Crippen molar-refractivity contribution in [2.24, 2.45) is 22.6 Å². The van der Waals surface area contributed by atoms with Crippen molar-refractivity contribution in [2.45, 2.75) is 65.6 Å². The molecule has 12 heteroatoms. The van der Waals surface area contributed by atoms with Crippen molar-refractivity contribution < 1.29 is 19.6 Å². The van der Waals surface area contributed by atoms with Crippen LogP contribution in [0.15, 0.2) is 96.2 Å². The Bertz CT molecular complexity index is 2160. The molecule has 6 aromatic rings. The molecule has 7 N–H and O–H groups in total. The minimum atomic E-state index is -1.51. The van der Waals surface area contributed by atoms with Gasteiger partial charge in [0.1, 0.15) is 18.1 Å². The molecule has 1 amide bonds. The van der Waals surface area contributed by atoms with Gasteiger partial charge in [0.05, 0.1) is 28.8 Å². The molecule has 0 aliphatic carbocycles. The van der Waals surface area contributed by atoms with Crippen molar-refractivity contribution in [1.29, 1.82) is 0 Å². The maximum absolute atomic E-state index is 12.3. The summed E-state index contributed by atoms with van der Waals surface area (Å²) in [6.07, 6.45) is 5.49. The van der Waals surface area contributed by atoms with Crippen LogP contribution in [-0.2, 0) is 17.8 Å². The number of imidazole rings is 1. The first-order valence-electron chi connectivity index (χ1n) is 17.8. The number of nitrogens with zero attached hydrogens (tertiary/aromatic N) is 3. The molecule has 2 atom stereocenters. The summed E-state index contributed by atoms with van der Waals surface area (Å²) in [6.45, 7) is 8.74. The van der Waals surface area contributed by atoms with Gasteiger partial charge < -0.3 is 35.8 Å². The third-order valence-electron chi connectivity index (χ3n) is 9.00. The van der Waals surface area contributed by atoms with Crippen LogP contribution in [0, 0.1) is 11.8 Å². The largest absolute Gasteiger partial charge is 0.488 e. The Morgan fingerprint density at radius 2 is 1.77 bits per heavy atom. The number of pyridine rings is 1. The highest BCUT2D eigenvalue weighted by Crippen LogP contribution is 2.30. The van der Waals surface area contributed by atoms with Gasteiger partial charge in [-0.05, 0) is 82.7 Å². The Labute approximate surface area is 303 Å². The molecule has 3 aromatic heterocycles. The van der Waals surface area contributed by atoms with Gasteiger partial charge in [-0.1, -0.05) is 76.2 Å². The van der Waals surface area contributed by atoms with Crippen molar-refractivity contribution in [2.75, 3.05) is 0 Å². The van der Waals surface area contributed by atoms with Gasteiger partial charge in [0.2, 0.25) is 0 Å². The number of aliphatic imine (C=N–C) groups is 1. The van der Waals surface area contributed by atoms with Crippen LogP contribution in [0.4, 0.5) is 10.5 Å². The molecule has 0 fully saturated rings. The average molecular weight is 700 g/mol. The number of alkyl carbamates (subject to hydrolysis) is 1. The minimum Gasteiger partial charge on any atom is -0.445 e. The molecule has 1 aliphatic rings. The van der Waals surface area contributed by atoms with Gasteiger partial charge in [0.25, 0.3) is 0 Å². The number of carbonyl (C=O) groups excluding carboxylic acids is 1. The van der Waals surface area contributed by atoms with Gasteiger partial charge in [-0.25, -0.2) is 14.8 Å². The molecule has 0 saturated heterocycles. The van der Waals surface area contributed by atoms with Crippen LogP contribution in [0.1, 0.15) is 63.5 Å². The van der Waals surface area contributed by atoms with Crippen molar-refractivity contribution in [1.82, 2.24) is 25.3 Å².